The van der Waals surface area contributed by atoms with Gasteiger partial charge >= 0.3 is 0 Å². The number of ether oxygens (including phenoxy) is 1. The third kappa shape index (κ3) is 8.41. The lowest BCUT2D eigenvalue weighted by Gasteiger charge is -2.14. The normalized spacial score (nSPS) is 11.7. The standard InChI is InChI=1S/C27H29N3O3S/c1-20-8-6-7-11-24(20)18-34-19-27(32)30-28-16-22-12-14-25(15-13-22)33-17-26(31)29-21(2)23-9-4-3-5-10-23/h3-16,21H,17-19H2,1-2H3,(H,29,31)(H,30,32)/b28-16-/t21-/m1/s1. The molecule has 0 saturated heterocycles. The third-order valence-electron chi connectivity index (χ3n) is 5.08. The van der Waals surface area contributed by atoms with Gasteiger partial charge in [0.2, 0.25) is 5.91 Å². The molecule has 6 nitrogen and oxygen atoms in total. The number of carbonyl (C=O) groups is 2. The minimum Gasteiger partial charge on any atom is -0.484 e. The summed E-state index contributed by atoms with van der Waals surface area (Å²) in [5, 5.41) is 6.92. The molecule has 7 heteroatoms. The zero-order valence-corrected chi connectivity index (χ0v) is 20.2. The maximum atomic E-state index is 12.1. The lowest BCUT2D eigenvalue weighted by Crippen LogP contribution is -2.31. The highest BCUT2D eigenvalue weighted by Gasteiger charge is 2.09. The summed E-state index contributed by atoms with van der Waals surface area (Å²) in [6, 6.07) is 25.0. The number of hydrazone groups is 1. The van der Waals surface area contributed by atoms with Crippen molar-refractivity contribution in [2.75, 3.05) is 12.4 Å². The average molecular weight is 476 g/mol. The summed E-state index contributed by atoms with van der Waals surface area (Å²) in [4.78, 5) is 24.1. The number of amides is 2. The Labute approximate surface area is 204 Å². The van der Waals surface area contributed by atoms with E-state index >= 15 is 0 Å². The molecule has 3 aromatic carbocycles. The van der Waals surface area contributed by atoms with E-state index in [-0.39, 0.29) is 24.5 Å². The second-order valence-electron chi connectivity index (χ2n) is 7.77. The zero-order valence-electron chi connectivity index (χ0n) is 19.4. The summed E-state index contributed by atoms with van der Waals surface area (Å²) >= 11 is 1.55. The smallest absolute Gasteiger partial charge is 0.258 e. The van der Waals surface area contributed by atoms with Gasteiger partial charge in [0.15, 0.2) is 6.61 Å². The van der Waals surface area contributed by atoms with Crippen molar-refractivity contribution in [3.05, 3.63) is 101 Å². The first-order valence-corrected chi connectivity index (χ1v) is 12.2. The van der Waals surface area contributed by atoms with E-state index in [0.29, 0.717) is 11.5 Å². The first kappa shape index (κ1) is 25.1. The first-order chi connectivity index (χ1) is 16.5. The van der Waals surface area contributed by atoms with Gasteiger partial charge in [0.1, 0.15) is 5.75 Å². The van der Waals surface area contributed by atoms with Crippen LogP contribution in [-0.4, -0.2) is 30.4 Å². The maximum Gasteiger partial charge on any atom is 0.258 e. The number of rotatable bonds is 11. The molecule has 2 amide bonds. The molecule has 1 atom stereocenters. The highest BCUT2D eigenvalue weighted by molar-refractivity contribution is 7.99. The van der Waals surface area contributed by atoms with E-state index in [1.54, 1.807) is 30.1 Å². The number of thioether (sulfide) groups is 1. The summed E-state index contributed by atoms with van der Waals surface area (Å²) in [6.45, 7) is 3.93. The topological polar surface area (TPSA) is 79.8 Å². The Morgan fingerprint density at radius 2 is 1.68 bits per heavy atom. The SMILES string of the molecule is Cc1ccccc1CSCC(=O)N/N=C\c1ccc(OCC(=O)N[C@H](C)c2ccccc2)cc1. The highest BCUT2D eigenvalue weighted by Crippen LogP contribution is 2.16. The van der Waals surface area contributed by atoms with E-state index in [9.17, 15) is 9.59 Å². The predicted octanol–water partition coefficient (Wildman–Crippen LogP) is 4.63. The molecule has 0 aliphatic heterocycles. The van der Waals surface area contributed by atoms with E-state index in [1.165, 1.54) is 11.1 Å². The van der Waals surface area contributed by atoms with Crippen molar-refractivity contribution in [3.63, 3.8) is 0 Å². The van der Waals surface area contributed by atoms with Crippen LogP contribution in [0.2, 0.25) is 0 Å². The molecule has 3 rings (SSSR count). The number of benzene rings is 3. The Balaban J connectivity index is 1.35. The fourth-order valence-electron chi connectivity index (χ4n) is 3.14. The fourth-order valence-corrected chi connectivity index (χ4v) is 4.04. The molecular weight excluding hydrogens is 446 g/mol. The molecule has 0 unspecified atom stereocenters. The summed E-state index contributed by atoms with van der Waals surface area (Å²) in [6.07, 6.45) is 1.57. The maximum absolute atomic E-state index is 12.1. The number of nitrogens with one attached hydrogen (secondary N) is 2. The van der Waals surface area contributed by atoms with Gasteiger partial charge < -0.3 is 10.1 Å². The quantitative estimate of drug-likeness (QED) is 0.313. The van der Waals surface area contributed by atoms with Crippen molar-refractivity contribution in [3.8, 4) is 5.75 Å². The molecule has 2 N–H and O–H groups in total. The molecule has 0 heterocycles. The van der Waals surface area contributed by atoms with Crippen molar-refractivity contribution in [1.29, 1.82) is 0 Å². The number of hydrogen-bond acceptors (Lipinski definition) is 5. The molecule has 0 bridgehead atoms. The molecule has 0 aromatic heterocycles. The van der Waals surface area contributed by atoms with Gasteiger partial charge in [0.05, 0.1) is 18.0 Å². The molecule has 0 radical (unpaired) electrons. The van der Waals surface area contributed by atoms with Gasteiger partial charge in [-0.3, -0.25) is 9.59 Å². The average Bonchev–Trinajstić information content (AvgIpc) is 2.85. The lowest BCUT2D eigenvalue weighted by atomic mass is 10.1. The van der Waals surface area contributed by atoms with E-state index < -0.39 is 0 Å². The van der Waals surface area contributed by atoms with Gasteiger partial charge in [-0.25, -0.2) is 5.43 Å². The number of nitrogens with zero attached hydrogens (tertiary/aromatic N) is 1. The van der Waals surface area contributed by atoms with Crippen molar-refractivity contribution in [2.45, 2.75) is 25.6 Å². The van der Waals surface area contributed by atoms with Crippen LogP contribution in [0.5, 0.6) is 5.75 Å². The summed E-state index contributed by atoms with van der Waals surface area (Å²) in [5.74, 6) is 1.37. The molecular formula is C27H29N3O3S. The Morgan fingerprint density at radius 1 is 0.971 bits per heavy atom. The molecule has 0 aliphatic rings. The first-order valence-electron chi connectivity index (χ1n) is 11.0. The monoisotopic (exact) mass is 475 g/mol. The Bertz CT molecular complexity index is 1100. The van der Waals surface area contributed by atoms with Crippen LogP contribution in [0.15, 0.2) is 84.0 Å². The zero-order chi connectivity index (χ0) is 24.2. The van der Waals surface area contributed by atoms with Crippen molar-refractivity contribution >= 4 is 29.8 Å². The molecule has 34 heavy (non-hydrogen) atoms. The summed E-state index contributed by atoms with van der Waals surface area (Å²) in [7, 11) is 0. The minimum absolute atomic E-state index is 0.0686. The molecule has 0 spiro atoms. The van der Waals surface area contributed by atoms with Crippen LogP contribution >= 0.6 is 11.8 Å². The van der Waals surface area contributed by atoms with Crippen molar-refractivity contribution in [1.82, 2.24) is 10.7 Å². The van der Waals surface area contributed by atoms with Crippen LogP contribution in [0.25, 0.3) is 0 Å². The van der Waals surface area contributed by atoms with E-state index in [2.05, 4.69) is 34.9 Å². The van der Waals surface area contributed by atoms with Crippen LogP contribution in [0.3, 0.4) is 0 Å². The molecule has 176 valence electrons. The van der Waals surface area contributed by atoms with Gasteiger partial charge in [-0.05, 0) is 60.4 Å². The van der Waals surface area contributed by atoms with Gasteiger partial charge in [-0.2, -0.15) is 5.10 Å². The third-order valence-corrected chi connectivity index (χ3v) is 6.06. The molecule has 0 aliphatic carbocycles. The van der Waals surface area contributed by atoms with Crippen molar-refractivity contribution < 1.29 is 14.3 Å². The van der Waals surface area contributed by atoms with Crippen molar-refractivity contribution in [2.24, 2.45) is 5.10 Å². The second kappa shape index (κ2) is 13.2. The molecule has 0 fully saturated rings. The van der Waals surface area contributed by atoms with Gasteiger partial charge in [0, 0.05) is 5.75 Å². The van der Waals surface area contributed by atoms with E-state index in [1.807, 2.05) is 61.5 Å². The van der Waals surface area contributed by atoms with E-state index in [0.717, 1.165) is 16.9 Å². The van der Waals surface area contributed by atoms with Crippen LogP contribution in [0, 0.1) is 6.92 Å². The number of carbonyl (C=O) groups excluding carboxylic acids is 2. The minimum atomic E-state index is -0.190. The number of aryl methyl sites for hydroxylation is 1. The van der Waals surface area contributed by atoms with Crippen LogP contribution in [-0.2, 0) is 15.3 Å². The Hall–Kier alpha value is -3.58. The Morgan fingerprint density at radius 3 is 2.41 bits per heavy atom. The van der Waals surface area contributed by atoms with Gasteiger partial charge in [-0.1, -0.05) is 54.6 Å². The number of hydrogen-bond donors (Lipinski definition) is 2. The van der Waals surface area contributed by atoms with Gasteiger partial charge in [-0.15, -0.1) is 11.8 Å². The summed E-state index contributed by atoms with van der Waals surface area (Å²) in [5.41, 5.74) is 6.85. The van der Waals surface area contributed by atoms with Crippen LogP contribution in [0.4, 0.5) is 0 Å². The van der Waals surface area contributed by atoms with E-state index in [4.69, 9.17) is 4.74 Å². The largest absolute Gasteiger partial charge is 0.484 e. The van der Waals surface area contributed by atoms with Crippen LogP contribution < -0.4 is 15.5 Å². The highest BCUT2D eigenvalue weighted by atomic mass is 32.2. The van der Waals surface area contributed by atoms with Gasteiger partial charge in [0.25, 0.3) is 5.91 Å². The summed E-state index contributed by atoms with van der Waals surface area (Å²) < 4.78 is 5.56. The fraction of sp³-hybridized carbons (Fsp3) is 0.222. The Kier molecular flexibility index (Phi) is 9.73. The molecule has 3 aromatic rings. The lowest BCUT2D eigenvalue weighted by molar-refractivity contribution is -0.123. The predicted molar refractivity (Wildman–Crippen MR) is 138 cm³/mol. The second-order valence-corrected chi connectivity index (χ2v) is 8.76. The molecule has 0 saturated carbocycles. The van der Waals surface area contributed by atoms with Crippen LogP contribution in [0.1, 0.15) is 35.2 Å².